The molecule has 0 heterocycles. The van der Waals surface area contributed by atoms with Gasteiger partial charge in [-0.05, 0) is 30.6 Å². The molecular weight excluding hydrogens is 232 g/mol. The van der Waals surface area contributed by atoms with Gasteiger partial charge in [-0.2, -0.15) is 0 Å². The number of carbonyl (C=O) groups is 1. The summed E-state index contributed by atoms with van der Waals surface area (Å²) >= 11 is 0. The minimum Gasteiger partial charge on any atom is -0.460 e. The Labute approximate surface area is 110 Å². The van der Waals surface area contributed by atoms with Crippen LogP contribution in [0.25, 0.3) is 0 Å². The topological polar surface area (TPSA) is 55.8 Å². The maximum Gasteiger partial charge on any atom is 0.332 e. The van der Waals surface area contributed by atoms with E-state index in [-0.39, 0.29) is 31.9 Å². The molecule has 0 aromatic carbocycles. The monoisotopic (exact) mass is 258 g/mol. The van der Waals surface area contributed by atoms with Crippen molar-refractivity contribution in [2.45, 2.75) is 46.1 Å². The van der Waals surface area contributed by atoms with Gasteiger partial charge in [0.15, 0.2) is 0 Å². The van der Waals surface area contributed by atoms with Crippen molar-refractivity contribution < 1.29 is 19.4 Å². The first-order chi connectivity index (χ1) is 8.54. The second-order valence-electron chi connectivity index (χ2n) is 5.63. The molecule has 18 heavy (non-hydrogen) atoms. The summed E-state index contributed by atoms with van der Waals surface area (Å²) in [6.07, 6.45) is 3.33. The quantitative estimate of drug-likeness (QED) is 0.585. The van der Waals surface area contributed by atoms with Crippen molar-refractivity contribution in [1.82, 2.24) is 0 Å². The van der Waals surface area contributed by atoms with Gasteiger partial charge < -0.3 is 14.6 Å². The van der Waals surface area contributed by atoms with Gasteiger partial charge in [0.2, 0.25) is 0 Å². The van der Waals surface area contributed by atoms with Gasteiger partial charge in [-0.25, -0.2) is 4.79 Å². The SMILES string of the molecule is CC(C)C1CC[C@@H](C)CC1OC(=O)COCCO. The standard InChI is InChI=1S/C14H26O4/c1-10(2)12-5-4-11(3)8-13(12)18-14(16)9-17-7-6-15/h10-13,15H,4-9H2,1-3H3/t11-,12?,13?/m1/s1. The highest BCUT2D eigenvalue weighted by atomic mass is 16.6. The van der Waals surface area contributed by atoms with Gasteiger partial charge in [0.25, 0.3) is 0 Å². The van der Waals surface area contributed by atoms with Gasteiger partial charge in [-0.1, -0.05) is 27.2 Å². The fourth-order valence-corrected chi connectivity index (χ4v) is 2.67. The summed E-state index contributed by atoms with van der Waals surface area (Å²) in [6, 6.07) is 0. The third-order valence-corrected chi connectivity index (χ3v) is 3.70. The molecule has 1 rings (SSSR count). The molecule has 4 nitrogen and oxygen atoms in total. The molecule has 0 aromatic rings. The number of aliphatic hydroxyl groups is 1. The third-order valence-electron chi connectivity index (χ3n) is 3.70. The van der Waals surface area contributed by atoms with Crippen molar-refractivity contribution in [3.8, 4) is 0 Å². The molecule has 1 aliphatic carbocycles. The van der Waals surface area contributed by atoms with E-state index in [0.29, 0.717) is 17.8 Å². The van der Waals surface area contributed by atoms with E-state index < -0.39 is 0 Å². The number of rotatable bonds is 6. The lowest BCUT2D eigenvalue weighted by atomic mass is 9.75. The van der Waals surface area contributed by atoms with Gasteiger partial charge in [0.05, 0.1) is 13.2 Å². The molecule has 0 amide bonds. The first-order valence-corrected chi connectivity index (χ1v) is 6.92. The van der Waals surface area contributed by atoms with E-state index in [1.807, 2.05) is 0 Å². The Balaban J connectivity index is 2.42. The van der Waals surface area contributed by atoms with E-state index in [0.717, 1.165) is 12.8 Å². The van der Waals surface area contributed by atoms with Gasteiger partial charge in [0, 0.05) is 0 Å². The first kappa shape index (κ1) is 15.4. The Morgan fingerprint density at radius 1 is 1.39 bits per heavy atom. The minimum atomic E-state index is -0.312. The van der Waals surface area contributed by atoms with Crippen molar-refractivity contribution >= 4 is 5.97 Å². The number of esters is 1. The Morgan fingerprint density at radius 3 is 2.72 bits per heavy atom. The van der Waals surface area contributed by atoms with Crippen molar-refractivity contribution in [2.75, 3.05) is 19.8 Å². The van der Waals surface area contributed by atoms with Crippen LogP contribution in [0.3, 0.4) is 0 Å². The molecule has 1 fully saturated rings. The highest BCUT2D eigenvalue weighted by molar-refractivity contribution is 5.70. The van der Waals surface area contributed by atoms with Crippen molar-refractivity contribution in [3.05, 3.63) is 0 Å². The zero-order chi connectivity index (χ0) is 13.5. The van der Waals surface area contributed by atoms with E-state index >= 15 is 0 Å². The fraction of sp³-hybridized carbons (Fsp3) is 0.929. The molecule has 0 saturated heterocycles. The molecule has 1 aliphatic rings. The Kier molecular flexibility index (Phi) is 6.65. The number of aliphatic hydroxyl groups excluding tert-OH is 1. The van der Waals surface area contributed by atoms with Crippen LogP contribution in [-0.4, -0.2) is 37.0 Å². The Hall–Kier alpha value is -0.610. The number of hydrogen-bond acceptors (Lipinski definition) is 4. The molecule has 3 atom stereocenters. The summed E-state index contributed by atoms with van der Waals surface area (Å²) in [5, 5.41) is 8.57. The van der Waals surface area contributed by atoms with Crippen LogP contribution < -0.4 is 0 Å². The summed E-state index contributed by atoms with van der Waals surface area (Å²) in [5.41, 5.74) is 0. The van der Waals surface area contributed by atoms with Gasteiger partial charge in [-0.3, -0.25) is 0 Å². The summed E-state index contributed by atoms with van der Waals surface area (Å²) in [5.74, 6) is 1.31. The van der Waals surface area contributed by atoms with Crippen molar-refractivity contribution in [2.24, 2.45) is 17.8 Å². The maximum atomic E-state index is 11.6. The van der Waals surface area contributed by atoms with Crippen LogP contribution in [-0.2, 0) is 14.3 Å². The average molecular weight is 258 g/mol. The van der Waals surface area contributed by atoms with E-state index in [1.165, 1.54) is 6.42 Å². The maximum absolute atomic E-state index is 11.6. The van der Waals surface area contributed by atoms with Crippen LogP contribution in [0.5, 0.6) is 0 Å². The molecule has 0 aliphatic heterocycles. The van der Waals surface area contributed by atoms with Crippen LogP contribution in [0.2, 0.25) is 0 Å². The molecule has 106 valence electrons. The molecule has 1 saturated carbocycles. The predicted octanol–water partition coefficient (Wildman–Crippen LogP) is 2.00. The lowest BCUT2D eigenvalue weighted by Crippen LogP contribution is -2.36. The van der Waals surface area contributed by atoms with E-state index in [4.69, 9.17) is 14.6 Å². The van der Waals surface area contributed by atoms with Crippen LogP contribution >= 0.6 is 0 Å². The summed E-state index contributed by atoms with van der Waals surface area (Å²) < 4.78 is 10.5. The molecular formula is C14H26O4. The normalized spacial score (nSPS) is 28.4. The zero-order valence-electron chi connectivity index (χ0n) is 11.7. The Morgan fingerprint density at radius 2 is 2.11 bits per heavy atom. The average Bonchev–Trinajstić information content (AvgIpc) is 2.29. The number of carbonyl (C=O) groups excluding carboxylic acids is 1. The summed E-state index contributed by atoms with van der Waals surface area (Å²) in [4.78, 5) is 11.6. The number of hydrogen-bond donors (Lipinski definition) is 1. The largest absolute Gasteiger partial charge is 0.460 e. The van der Waals surface area contributed by atoms with E-state index in [9.17, 15) is 4.79 Å². The van der Waals surface area contributed by atoms with Crippen LogP contribution in [0.15, 0.2) is 0 Å². The predicted molar refractivity (Wildman–Crippen MR) is 69.1 cm³/mol. The lowest BCUT2D eigenvalue weighted by Gasteiger charge is -2.36. The van der Waals surface area contributed by atoms with E-state index in [1.54, 1.807) is 0 Å². The molecule has 0 radical (unpaired) electrons. The lowest BCUT2D eigenvalue weighted by molar-refractivity contribution is -0.161. The molecule has 1 N–H and O–H groups in total. The summed E-state index contributed by atoms with van der Waals surface area (Å²) in [6.45, 7) is 6.63. The van der Waals surface area contributed by atoms with Crippen LogP contribution in [0.4, 0.5) is 0 Å². The highest BCUT2D eigenvalue weighted by Gasteiger charge is 2.33. The second-order valence-corrected chi connectivity index (χ2v) is 5.63. The number of ether oxygens (including phenoxy) is 2. The molecule has 0 aromatic heterocycles. The molecule has 4 heteroatoms. The van der Waals surface area contributed by atoms with Crippen LogP contribution in [0, 0.1) is 17.8 Å². The van der Waals surface area contributed by atoms with E-state index in [2.05, 4.69) is 20.8 Å². The fourth-order valence-electron chi connectivity index (χ4n) is 2.67. The van der Waals surface area contributed by atoms with Crippen molar-refractivity contribution in [3.63, 3.8) is 0 Å². The molecule has 2 unspecified atom stereocenters. The second kappa shape index (κ2) is 7.74. The Bertz CT molecular complexity index is 252. The zero-order valence-corrected chi connectivity index (χ0v) is 11.7. The third kappa shape index (κ3) is 4.94. The van der Waals surface area contributed by atoms with Crippen molar-refractivity contribution in [1.29, 1.82) is 0 Å². The van der Waals surface area contributed by atoms with Gasteiger partial charge >= 0.3 is 5.97 Å². The molecule has 0 bridgehead atoms. The molecule has 0 spiro atoms. The van der Waals surface area contributed by atoms with Crippen LogP contribution in [0.1, 0.15) is 40.0 Å². The first-order valence-electron chi connectivity index (χ1n) is 6.92. The minimum absolute atomic E-state index is 0.0268. The summed E-state index contributed by atoms with van der Waals surface area (Å²) in [7, 11) is 0. The smallest absolute Gasteiger partial charge is 0.332 e. The highest BCUT2D eigenvalue weighted by Crippen LogP contribution is 2.35. The van der Waals surface area contributed by atoms with Gasteiger partial charge in [0.1, 0.15) is 12.7 Å². The van der Waals surface area contributed by atoms with Gasteiger partial charge in [-0.15, -0.1) is 0 Å².